The van der Waals surface area contributed by atoms with Crippen molar-refractivity contribution in [1.29, 1.82) is 0 Å². The van der Waals surface area contributed by atoms with Crippen molar-refractivity contribution in [3.63, 3.8) is 0 Å². The average molecular weight is 380 g/mol. The summed E-state index contributed by atoms with van der Waals surface area (Å²) in [6.07, 6.45) is 7.81. The molecule has 4 aliphatic carbocycles. The second-order valence-electron chi connectivity index (χ2n) is 10.8. The van der Waals surface area contributed by atoms with E-state index >= 15 is 0 Å². The lowest BCUT2D eigenvalue weighted by Gasteiger charge is -2.65. The lowest BCUT2D eigenvalue weighted by Crippen LogP contribution is -2.63. The predicted octanol–water partition coefficient (Wildman–Crippen LogP) is 5.84. The van der Waals surface area contributed by atoms with E-state index in [4.69, 9.17) is 4.42 Å². The van der Waals surface area contributed by atoms with E-state index in [0.29, 0.717) is 16.4 Å². The van der Waals surface area contributed by atoms with Crippen molar-refractivity contribution in [2.45, 2.75) is 77.5 Å². The maximum atomic E-state index is 9.68. The molecular weight excluding hydrogens is 346 g/mol. The van der Waals surface area contributed by atoms with Gasteiger partial charge >= 0.3 is 0 Å². The second kappa shape index (κ2) is 6.21. The maximum absolute atomic E-state index is 9.68. The molecule has 1 aromatic carbocycles. The predicted molar refractivity (Wildman–Crippen MR) is 112 cm³/mol. The molecule has 0 amide bonds. The van der Waals surface area contributed by atoms with Gasteiger partial charge in [0.1, 0.15) is 11.5 Å². The first-order valence-corrected chi connectivity index (χ1v) is 10.9. The van der Waals surface area contributed by atoms with Gasteiger partial charge < -0.3 is 14.8 Å². The molecule has 3 nitrogen and oxygen atoms in total. The Morgan fingerprint density at radius 1 is 1.00 bits per heavy atom. The van der Waals surface area contributed by atoms with Crippen molar-refractivity contribution in [3.05, 3.63) is 47.7 Å². The summed E-state index contributed by atoms with van der Waals surface area (Å²) >= 11 is 0. The van der Waals surface area contributed by atoms with E-state index < -0.39 is 6.10 Å². The van der Waals surface area contributed by atoms with Crippen LogP contribution in [0.3, 0.4) is 0 Å². The Balaban J connectivity index is 1.29. The average Bonchev–Trinajstić information content (AvgIpc) is 3.06. The molecule has 0 aliphatic heterocycles. The molecule has 4 aliphatic rings. The Morgan fingerprint density at radius 2 is 1.68 bits per heavy atom. The molecule has 0 spiro atoms. The first kappa shape index (κ1) is 18.4. The molecule has 28 heavy (non-hydrogen) atoms. The van der Waals surface area contributed by atoms with Crippen molar-refractivity contribution in [2.75, 3.05) is 0 Å². The molecule has 4 saturated carbocycles. The number of hydrogen-bond acceptors (Lipinski definition) is 3. The summed E-state index contributed by atoms with van der Waals surface area (Å²) in [5.74, 6) is 2.82. The molecule has 6 rings (SSSR count). The molecule has 3 atom stereocenters. The first-order valence-electron chi connectivity index (χ1n) is 10.9. The third-order valence-corrected chi connectivity index (χ3v) is 7.60. The summed E-state index contributed by atoms with van der Waals surface area (Å²) in [5, 5.41) is 13.6. The van der Waals surface area contributed by atoms with E-state index in [-0.39, 0.29) is 0 Å². The number of hydrogen-bond donors (Lipinski definition) is 2. The number of aliphatic hydroxyl groups is 1. The van der Waals surface area contributed by atoms with Gasteiger partial charge in [0.25, 0.3) is 0 Å². The zero-order chi connectivity index (χ0) is 19.6. The summed E-state index contributed by atoms with van der Waals surface area (Å²) in [4.78, 5) is 0. The van der Waals surface area contributed by atoms with E-state index in [2.05, 4.69) is 31.3 Å². The van der Waals surface area contributed by atoms with Crippen LogP contribution < -0.4 is 5.32 Å². The fraction of sp³-hybridized carbons (Fsp3) is 0.600. The number of aliphatic hydroxyl groups excluding tert-OH is 1. The summed E-state index contributed by atoms with van der Waals surface area (Å²) in [5.41, 5.74) is 3.35. The fourth-order valence-corrected chi connectivity index (χ4v) is 7.47. The van der Waals surface area contributed by atoms with Crippen LogP contribution in [0, 0.1) is 16.7 Å². The molecule has 0 radical (unpaired) electrons. The van der Waals surface area contributed by atoms with E-state index in [1.807, 2.05) is 24.3 Å². The highest BCUT2D eigenvalue weighted by molar-refractivity contribution is 5.58. The van der Waals surface area contributed by atoms with Crippen LogP contribution in [0.15, 0.2) is 40.8 Å². The third-order valence-electron chi connectivity index (χ3n) is 7.60. The van der Waals surface area contributed by atoms with Gasteiger partial charge in [-0.1, -0.05) is 38.1 Å². The van der Waals surface area contributed by atoms with Gasteiger partial charge in [-0.2, -0.15) is 0 Å². The molecule has 1 aromatic heterocycles. The van der Waals surface area contributed by atoms with E-state index in [0.717, 1.165) is 35.1 Å². The van der Waals surface area contributed by atoms with Gasteiger partial charge in [-0.25, -0.2) is 0 Å². The minimum Gasteiger partial charge on any atom is -0.460 e. The highest BCUT2D eigenvalue weighted by atomic mass is 16.3. The van der Waals surface area contributed by atoms with Gasteiger partial charge in [0.2, 0.25) is 0 Å². The Kier molecular flexibility index (Phi) is 4.09. The number of benzene rings is 1. The topological polar surface area (TPSA) is 45.4 Å². The molecule has 4 fully saturated rings. The number of furan rings is 1. The monoisotopic (exact) mass is 379 g/mol. The van der Waals surface area contributed by atoms with Crippen molar-refractivity contribution in [2.24, 2.45) is 16.7 Å². The van der Waals surface area contributed by atoms with Crippen LogP contribution in [-0.4, -0.2) is 10.6 Å². The van der Waals surface area contributed by atoms with Crippen LogP contribution in [0.4, 0.5) is 0 Å². The smallest absolute Gasteiger partial charge is 0.134 e. The standard InChI is InChI=1S/C25H33NO2/c1-17(27)19-4-6-20(7-5-19)22-9-8-21(28-22)13-26-25-12-18-10-23(2,15-25)14-24(3,11-18)16-25/h4-9,17-18,26-27H,10-16H2,1-3H3. The largest absolute Gasteiger partial charge is 0.460 e. The second-order valence-corrected chi connectivity index (χ2v) is 10.8. The van der Waals surface area contributed by atoms with Crippen molar-refractivity contribution in [3.8, 4) is 11.3 Å². The van der Waals surface area contributed by atoms with Gasteiger partial charge in [0.15, 0.2) is 0 Å². The molecule has 2 N–H and O–H groups in total. The van der Waals surface area contributed by atoms with Crippen molar-refractivity contribution in [1.82, 2.24) is 5.32 Å². The zero-order valence-corrected chi connectivity index (χ0v) is 17.4. The lowest BCUT2D eigenvalue weighted by atomic mass is 9.43. The van der Waals surface area contributed by atoms with Crippen LogP contribution in [-0.2, 0) is 6.54 Å². The molecular formula is C25H33NO2. The van der Waals surface area contributed by atoms with E-state index in [9.17, 15) is 5.11 Å². The molecule has 3 heteroatoms. The number of rotatable bonds is 5. The SMILES string of the molecule is CC(O)c1ccc(-c2ccc(CNC34CC5CC(C)(CC(C)(C5)C3)C4)o2)cc1. The van der Waals surface area contributed by atoms with Crippen LogP contribution in [0.5, 0.6) is 0 Å². The lowest BCUT2D eigenvalue weighted by molar-refractivity contribution is -0.118. The van der Waals surface area contributed by atoms with Crippen LogP contribution in [0.25, 0.3) is 11.3 Å². The Morgan fingerprint density at radius 3 is 2.29 bits per heavy atom. The highest BCUT2D eigenvalue weighted by Crippen LogP contribution is 2.66. The van der Waals surface area contributed by atoms with Crippen molar-refractivity contribution < 1.29 is 9.52 Å². The van der Waals surface area contributed by atoms with Crippen LogP contribution in [0.1, 0.15) is 76.7 Å². The fourth-order valence-electron chi connectivity index (χ4n) is 7.47. The normalized spacial score (nSPS) is 37.4. The Labute approximate surface area is 168 Å². The Hall–Kier alpha value is -1.58. The van der Waals surface area contributed by atoms with Gasteiger partial charge in [-0.05, 0) is 79.9 Å². The van der Waals surface area contributed by atoms with Gasteiger partial charge in [0.05, 0.1) is 12.6 Å². The van der Waals surface area contributed by atoms with Gasteiger partial charge in [-0.3, -0.25) is 0 Å². The molecule has 150 valence electrons. The van der Waals surface area contributed by atoms with E-state index in [1.165, 1.54) is 38.5 Å². The number of nitrogens with one attached hydrogen (secondary N) is 1. The summed E-state index contributed by atoms with van der Waals surface area (Å²) in [6, 6.07) is 12.2. The molecule has 0 saturated heterocycles. The molecule has 2 aromatic rings. The van der Waals surface area contributed by atoms with E-state index in [1.54, 1.807) is 6.92 Å². The van der Waals surface area contributed by atoms with Crippen LogP contribution >= 0.6 is 0 Å². The van der Waals surface area contributed by atoms with Gasteiger partial charge in [0, 0.05) is 11.1 Å². The summed E-state index contributed by atoms with van der Waals surface area (Å²) in [6.45, 7) is 7.64. The van der Waals surface area contributed by atoms with Crippen LogP contribution in [0.2, 0.25) is 0 Å². The molecule has 1 heterocycles. The highest BCUT2D eigenvalue weighted by Gasteiger charge is 2.59. The molecule has 3 unspecified atom stereocenters. The minimum absolute atomic E-state index is 0.300. The summed E-state index contributed by atoms with van der Waals surface area (Å²) < 4.78 is 6.16. The quantitative estimate of drug-likeness (QED) is 0.686. The van der Waals surface area contributed by atoms with Gasteiger partial charge in [-0.15, -0.1) is 0 Å². The third kappa shape index (κ3) is 3.23. The molecule has 4 bridgehead atoms. The summed E-state index contributed by atoms with van der Waals surface area (Å²) in [7, 11) is 0. The minimum atomic E-state index is -0.436. The maximum Gasteiger partial charge on any atom is 0.134 e. The first-order chi connectivity index (χ1) is 13.3. The zero-order valence-electron chi connectivity index (χ0n) is 17.4. The Bertz CT molecular complexity index is 847. The van der Waals surface area contributed by atoms with Crippen molar-refractivity contribution >= 4 is 0 Å².